The molecule has 1 atom stereocenters. The van der Waals surface area contributed by atoms with E-state index in [1.54, 1.807) is 0 Å². The number of nitrogens with one attached hydrogen (secondary N) is 2. The molecule has 1 aliphatic rings. The highest BCUT2D eigenvalue weighted by atomic mass is 16.4. The molecule has 0 saturated heterocycles. The minimum absolute atomic E-state index is 0.0906. The van der Waals surface area contributed by atoms with Gasteiger partial charge in [0.15, 0.2) is 0 Å². The number of amides is 2. The molecule has 0 aromatic carbocycles. The molecule has 1 fully saturated rings. The van der Waals surface area contributed by atoms with Gasteiger partial charge in [0, 0.05) is 12.5 Å². The molecule has 7 heteroatoms. The van der Waals surface area contributed by atoms with Crippen LogP contribution in [0, 0.1) is 0 Å². The Morgan fingerprint density at radius 1 is 1.00 bits per heavy atom. The van der Waals surface area contributed by atoms with Gasteiger partial charge in [-0.1, -0.05) is 32.1 Å². The third-order valence-electron chi connectivity index (χ3n) is 3.93. The number of carbonyl (C=O) groups excluding carboxylic acids is 1. The van der Waals surface area contributed by atoms with Gasteiger partial charge < -0.3 is 20.8 Å². The van der Waals surface area contributed by atoms with Gasteiger partial charge in [0.2, 0.25) is 0 Å². The summed E-state index contributed by atoms with van der Waals surface area (Å²) in [6.45, 7) is 0. The first-order chi connectivity index (χ1) is 10.5. The van der Waals surface area contributed by atoms with Crippen molar-refractivity contribution >= 4 is 18.0 Å². The Morgan fingerprint density at radius 3 is 2.27 bits per heavy atom. The van der Waals surface area contributed by atoms with Gasteiger partial charge in [-0.25, -0.2) is 9.59 Å². The van der Waals surface area contributed by atoms with Gasteiger partial charge in [0.25, 0.3) is 0 Å². The van der Waals surface area contributed by atoms with Gasteiger partial charge in [0.1, 0.15) is 6.04 Å². The van der Waals surface area contributed by atoms with E-state index in [4.69, 9.17) is 10.2 Å². The quantitative estimate of drug-likeness (QED) is 0.486. The van der Waals surface area contributed by atoms with Gasteiger partial charge in [-0.2, -0.15) is 0 Å². The van der Waals surface area contributed by atoms with Crippen LogP contribution in [0.4, 0.5) is 4.79 Å². The second-order valence-corrected chi connectivity index (χ2v) is 5.84. The summed E-state index contributed by atoms with van der Waals surface area (Å²) in [5, 5.41) is 23.0. The second-order valence-electron chi connectivity index (χ2n) is 5.84. The fraction of sp³-hybridized carbons (Fsp3) is 0.800. The minimum Gasteiger partial charge on any atom is -0.481 e. The largest absolute Gasteiger partial charge is 0.481 e. The van der Waals surface area contributed by atoms with Crippen molar-refractivity contribution in [3.8, 4) is 0 Å². The number of hydrogen-bond acceptors (Lipinski definition) is 3. The lowest BCUT2D eigenvalue weighted by molar-refractivity contribution is -0.140. The molecule has 7 nitrogen and oxygen atoms in total. The monoisotopic (exact) mass is 314 g/mol. The van der Waals surface area contributed by atoms with Crippen LogP contribution in [-0.4, -0.2) is 40.3 Å². The van der Waals surface area contributed by atoms with Crippen LogP contribution in [0.25, 0.3) is 0 Å². The van der Waals surface area contributed by atoms with Crippen LogP contribution < -0.4 is 10.6 Å². The van der Waals surface area contributed by atoms with E-state index in [1.165, 1.54) is 6.42 Å². The van der Waals surface area contributed by atoms with Crippen molar-refractivity contribution in [3.63, 3.8) is 0 Å². The Morgan fingerprint density at radius 2 is 1.68 bits per heavy atom. The third kappa shape index (κ3) is 7.85. The average molecular weight is 314 g/mol. The number of carbonyl (C=O) groups is 3. The van der Waals surface area contributed by atoms with E-state index < -0.39 is 24.0 Å². The Kier molecular flexibility index (Phi) is 8.32. The smallest absolute Gasteiger partial charge is 0.326 e. The van der Waals surface area contributed by atoms with E-state index in [2.05, 4.69) is 10.6 Å². The zero-order chi connectivity index (χ0) is 16.4. The number of aliphatic carboxylic acids is 2. The maximum Gasteiger partial charge on any atom is 0.326 e. The van der Waals surface area contributed by atoms with Crippen molar-refractivity contribution in [1.82, 2.24) is 10.6 Å². The van der Waals surface area contributed by atoms with Crippen molar-refractivity contribution in [2.45, 2.75) is 76.3 Å². The van der Waals surface area contributed by atoms with E-state index in [-0.39, 0.29) is 12.5 Å². The molecule has 22 heavy (non-hydrogen) atoms. The molecule has 126 valence electrons. The van der Waals surface area contributed by atoms with Crippen LogP contribution >= 0.6 is 0 Å². The number of urea groups is 1. The molecule has 1 rings (SSSR count). The molecular formula is C15H26N2O5. The highest BCUT2D eigenvalue weighted by Crippen LogP contribution is 2.17. The normalized spacial score (nSPS) is 16.7. The number of carboxylic acids is 2. The maximum atomic E-state index is 11.8. The molecule has 1 aliphatic carbocycles. The molecule has 0 aromatic rings. The van der Waals surface area contributed by atoms with E-state index in [9.17, 15) is 14.4 Å². The number of hydrogen-bond donors (Lipinski definition) is 4. The molecule has 1 saturated carbocycles. The Hall–Kier alpha value is -1.79. The lowest BCUT2D eigenvalue weighted by Gasteiger charge is -2.24. The van der Waals surface area contributed by atoms with Crippen LogP contribution in [0.3, 0.4) is 0 Å². The van der Waals surface area contributed by atoms with Gasteiger partial charge in [0.05, 0.1) is 0 Å². The van der Waals surface area contributed by atoms with Crippen molar-refractivity contribution in [2.75, 3.05) is 0 Å². The Bertz CT molecular complexity index is 380. The van der Waals surface area contributed by atoms with Crippen molar-refractivity contribution in [1.29, 1.82) is 0 Å². The highest BCUT2D eigenvalue weighted by molar-refractivity contribution is 5.82. The lowest BCUT2D eigenvalue weighted by atomic mass is 9.96. The fourth-order valence-corrected chi connectivity index (χ4v) is 2.69. The van der Waals surface area contributed by atoms with Crippen LogP contribution in [-0.2, 0) is 9.59 Å². The van der Waals surface area contributed by atoms with E-state index in [1.807, 2.05) is 0 Å². The van der Waals surface area contributed by atoms with E-state index >= 15 is 0 Å². The molecule has 1 unspecified atom stereocenters. The minimum atomic E-state index is -1.06. The zero-order valence-electron chi connectivity index (χ0n) is 12.8. The first kappa shape index (κ1) is 18.3. The topological polar surface area (TPSA) is 116 Å². The summed E-state index contributed by atoms with van der Waals surface area (Å²) < 4.78 is 0. The van der Waals surface area contributed by atoms with Crippen LogP contribution in [0.15, 0.2) is 0 Å². The molecule has 4 N–H and O–H groups in total. The number of carboxylic acid groups (broad SMARTS) is 2. The van der Waals surface area contributed by atoms with Crippen LogP contribution in [0.2, 0.25) is 0 Å². The summed E-state index contributed by atoms with van der Waals surface area (Å²) in [5.74, 6) is -1.91. The van der Waals surface area contributed by atoms with Crippen molar-refractivity contribution in [2.24, 2.45) is 0 Å². The maximum absolute atomic E-state index is 11.8. The van der Waals surface area contributed by atoms with Gasteiger partial charge in [-0.15, -0.1) is 0 Å². The predicted octanol–water partition coefficient (Wildman–Crippen LogP) is 2.11. The molecule has 0 radical (unpaired) electrons. The van der Waals surface area contributed by atoms with Crippen LogP contribution in [0.5, 0.6) is 0 Å². The average Bonchev–Trinajstić information content (AvgIpc) is 2.46. The SMILES string of the molecule is O=C(O)CCCCCC(NC(=O)NC1CCCCC1)C(=O)O. The summed E-state index contributed by atoms with van der Waals surface area (Å²) in [6.07, 6.45) is 7.41. The van der Waals surface area contributed by atoms with Gasteiger partial charge >= 0.3 is 18.0 Å². The third-order valence-corrected chi connectivity index (χ3v) is 3.93. The Labute approximate surface area is 130 Å². The summed E-state index contributed by atoms with van der Waals surface area (Å²) in [6, 6.07) is -1.21. The summed E-state index contributed by atoms with van der Waals surface area (Å²) >= 11 is 0. The van der Waals surface area contributed by atoms with Crippen molar-refractivity contribution < 1.29 is 24.6 Å². The van der Waals surface area contributed by atoms with Gasteiger partial charge in [-0.3, -0.25) is 4.79 Å². The molecule has 0 spiro atoms. The molecule has 0 heterocycles. The second kappa shape index (κ2) is 10.0. The first-order valence-electron chi connectivity index (χ1n) is 8.00. The summed E-state index contributed by atoms with van der Waals surface area (Å²) in [7, 11) is 0. The fourth-order valence-electron chi connectivity index (χ4n) is 2.69. The van der Waals surface area contributed by atoms with E-state index in [0.717, 1.165) is 25.7 Å². The molecule has 0 aliphatic heterocycles. The zero-order valence-corrected chi connectivity index (χ0v) is 12.8. The lowest BCUT2D eigenvalue weighted by Crippen LogP contribution is -2.49. The van der Waals surface area contributed by atoms with Gasteiger partial charge in [-0.05, 0) is 25.7 Å². The summed E-state index contributed by atoms with van der Waals surface area (Å²) in [4.78, 5) is 33.4. The first-order valence-corrected chi connectivity index (χ1v) is 8.00. The Balaban J connectivity index is 2.25. The predicted molar refractivity (Wildman–Crippen MR) is 80.7 cm³/mol. The highest BCUT2D eigenvalue weighted by Gasteiger charge is 2.21. The van der Waals surface area contributed by atoms with Crippen molar-refractivity contribution in [3.05, 3.63) is 0 Å². The molecule has 0 aromatic heterocycles. The molecular weight excluding hydrogens is 288 g/mol. The standard InChI is InChI=1S/C15H26N2O5/c18-13(19)10-6-2-5-9-12(14(20)21)17-15(22)16-11-7-3-1-4-8-11/h11-12H,1-10H2,(H,18,19)(H,20,21)(H2,16,17,22). The number of unbranched alkanes of at least 4 members (excludes halogenated alkanes) is 2. The molecule has 2 amide bonds. The van der Waals surface area contributed by atoms with Crippen LogP contribution in [0.1, 0.15) is 64.2 Å². The molecule has 0 bridgehead atoms. The summed E-state index contributed by atoms with van der Waals surface area (Å²) in [5.41, 5.74) is 0. The van der Waals surface area contributed by atoms with E-state index in [0.29, 0.717) is 25.7 Å². The number of rotatable bonds is 9.